The summed E-state index contributed by atoms with van der Waals surface area (Å²) in [6.45, 7) is 3.31. The Morgan fingerprint density at radius 2 is 2.25 bits per heavy atom. The van der Waals surface area contributed by atoms with Crippen LogP contribution in [0.2, 0.25) is 5.02 Å². The highest BCUT2D eigenvalue weighted by Gasteiger charge is 2.24. The van der Waals surface area contributed by atoms with Gasteiger partial charge in [-0.15, -0.1) is 0 Å². The second-order valence-corrected chi connectivity index (χ2v) is 4.75. The van der Waals surface area contributed by atoms with Gasteiger partial charge in [-0.1, -0.05) is 11.6 Å². The van der Waals surface area contributed by atoms with Gasteiger partial charge < -0.3 is 10.6 Å². The van der Waals surface area contributed by atoms with E-state index in [1.54, 1.807) is 11.0 Å². The minimum atomic E-state index is 0.0264. The van der Waals surface area contributed by atoms with Crippen LogP contribution in [0.4, 0.5) is 0 Å². The van der Waals surface area contributed by atoms with Gasteiger partial charge in [0, 0.05) is 29.7 Å². The summed E-state index contributed by atoms with van der Waals surface area (Å²) in [5.74, 6) is 0.0264. The van der Waals surface area contributed by atoms with Gasteiger partial charge in [-0.2, -0.15) is 0 Å². The number of carbonyl (C=O) groups excluding carboxylic acids is 1. The first-order valence-electron chi connectivity index (χ1n) is 5.38. The lowest BCUT2D eigenvalue weighted by molar-refractivity contribution is 0.0791. The summed E-state index contributed by atoms with van der Waals surface area (Å²) in [6, 6.07) is 5.52. The van der Waals surface area contributed by atoms with Crippen LogP contribution >= 0.6 is 11.6 Å². The number of hydrogen-bond acceptors (Lipinski definition) is 2. The normalized spacial score (nSPS) is 20.2. The molecule has 0 aromatic heterocycles. The molecule has 1 aliphatic heterocycles. The van der Waals surface area contributed by atoms with Gasteiger partial charge in [0.25, 0.3) is 5.91 Å². The molecule has 1 aromatic rings. The zero-order valence-corrected chi connectivity index (χ0v) is 10.00. The highest BCUT2D eigenvalue weighted by Crippen LogP contribution is 2.18. The zero-order chi connectivity index (χ0) is 11.7. The van der Waals surface area contributed by atoms with Crippen LogP contribution in [-0.2, 0) is 0 Å². The smallest absolute Gasteiger partial charge is 0.253 e. The molecule has 1 aliphatic rings. The fourth-order valence-electron chi connectivity index (χ4n) is 2.01. The van der Waals surface area contributed by atoms with E-state index in [1.165, 1.54) is 0 Å². The summed E-state index contributed by atoms with van der Waals surface area (Å²) in [6.07, 6.45) is 0.880. The van der Waals surface area contributed by atoms with Crippen molar-refractivity contribution in [1.29, 1.82) is 0 Å². The predicted molar refractivity (Wildman–Crippen MR) is 64.7 cm³/mol. The number of benzene rings is 1. The van der Waals surface area contributed by atoms with Gasteiger partial charge in [0.1, 0.15) is 0 Å². The topological polar surface area (TPSA) is 46.3 Å². The van der Waals surface area contributed by atoms with Crippen molar-refractivity contribution in [3.8, 4) is 0 Å². The molecule has 0 saturated carbocycles. The standard InChI is InChI=1S/C12H15ClN2O/c1-8-4-9(6-10(13)5-8)12(16)15-3-2-11(14)7-15/h4-6,11H,2-3,7,14H2,1H3. The van der Waals surface area contributed by atoms with Crippen molar-refractivity contribution in [3.05, 3.63) is 34.3 Å². The molecule has 0 aliphatic carbocycles. The summed E-state index contributed by atoms with van der Waals surface area (Å²) in [5, 5.41) is 0.604. The highest BCUT2D eigenvalue weighted by atomic mass is 35.5. The predicted octanol–water partition coefficient (Wildman–Crippen LogP) is 1.82. The molecular weight excluding hydrogens is 224 g/mol. The zero-order valence-electron chi connectivity index (χ0n) is 9.24. The van der Waals surface area contributed by atoms with Crippen LogP contribution in [0, 0.1) is 6.92 Å². The van der Waals surface area contributed by atoms with Crippen molar-refractivity contribution in [2.75, 3.05) is 13.1 Å². The van der Waals surface area contributed by atoms with E-state index in [0.717, 1.165) is 18.5 Å². The molecular formula is C12H15ClN2O. The average molecular weight is 239 g/mol. The van der Waals surface area contributed by atoms with E-state index < -0.39 is 0 Å². The summed E-state index contributed by atoms with van der Waals surface area (Å²) in [5.41, 5.74) is 7.43. The molecule has 4 heteroatoms. The Kier molecular flexibility index (Phi) is 3.17. The Bertz CT molecular complexity index is 399. The Morgan fingerprint density at radius 3 is 2.81 bits per heavy atom. The van der Waals surface area contributed by atoms with Gasteiger partial charge in [0.05, 0.1) is 0 Å². The maximum atomic E-state index is 12.1. The number of nitrogens with two attached hydrogens (primary N) is 1. The van der Waals surface area contributed by atoms with E-state index in [4.69, 9.17) is 17.3 Å². The van der Waals surface area contributed by atoms with Gasteiger partial charge in [0.2, 0.25) is 0 Å². The second kappa shape index (κ2) is 4.44. The molecule has 0 bridgehead atoms. The Morgan fingerprint density at radius 1 is 1.50 bits per heavy atom. The van der Waals surface area contributed by atoms with Gasteiger partial charge in [-0.25, -0.2) is 0 Å². The van der Waals surface area contributed by atoms with E-state index in [1.807, 2.05) is 19.1 Å². The Hall–Kier alpha value is -1.06. The third-order valence-corrected chi connectivity index (χ3v) is 3.02. The molecule has 86 valence electrons. The van der Waals surface area contributed by atoms with Crippen LogP contribution in [0.3, 0.4) is 0 Å². The van der Waals surface area contributed by atoms with Crippen molar-refractivity contribution in [1.82, 2.24) is 4.90 Å². The average Bonchev–Trinajstić information content (AvgIpc) is 2.62. The molecule has 1 saturated heterocycles. The second-order valence-electron chi connectivity index (χ2n) is 4.32. The summed E-state index contributed by atoms with van der Waals surface area (Å²) in [7, 11) is 0. The van der Waals surface area contributed by atoms with E-state index in [0.29, 0.717) is 17.1 Å². The molecule has 3 nitrogen and oxygen atoms in total. The molecule has 1 aromatic carbocycles. The molecule has 1 heterocycles. The lowest BCUT2D eigenvalue weighted by atomic mass is 10.1. The summed E-state index contributed by atoms with van der Waals surface area (Å²) < 4.78 is 0. The lowest BCUT2D eigenvalue weighted by Crippen LogP contribution is -2.31. The molecule has 16 heavy (non-hydrogen) atoms. The Labute approximate surface area is 100 Å². The van der Waals surface area contributed by atoms with Crippen LogP contribution < -0.4 is 5.73 Å². The number of hydrogen-bond donors (Lipinski definition) is 1. The monoisotopic (exact) mass is 238 g/mol. The highest BCUT2D eigenvalue weighted by molar-refractivity contribution is 6.31. The number of halogens is 1. The van der Waals surface area contributed by atoms with Crippen LogP contribution in [0.25, 0.3) is 0 Å². The third kappa shape index (κ3) is 2.36. The van der Waals surface area contributed by atoms with Crippen molar-refractivity contribution in [3.63, 3.8) is 0 Å². The van der Waals surface area contributed by atoms with Crippen molar-refractivity contribution in [2.45, 2.75) is 19.4 Å². The van der Waals surface area contributed by atoms with Crippen molar-refractivity contribution in [2.24, 2.45) is 5.73 Å². The van der Waals surface area contributed by atoms with E-state index in [9.17, 15) is 4.79 Å². The molecule has 0 spiro atoms. The maximum absolute atomic E-state index is 12.1. The number of aryl methyl sites for hydroxylation is 1. The van der Waals surface area contributed by atoms with Gasteiger partial charge in [0.15, 0.2) is 0 Å². The minimum Gasteiger partial charge on any atom is -0.337 e. The van der Waals surface area contributed by atoms with Gasteiger partial charge in [-0.05, 0) is 37.1 Å². The quantitative estimate of drug-likeness (QED) is 0.811. The van der Waals surface area contributed by atoms with Crippen molar-refractivity contribution < 1.29 is 4.79 Å². The molecule has 1 fully saturated rings. The summed E-state index contributed by atoms with van der Waals surface area (Å²) >= 11 is 5.93. The third-order valence-electron chi connectivity index (χ3n) is 2.80. The number of likely N-dealkylation sites (tertiary alicyclic amines) is 1. The van der Waals surface area contributed by atoms with Gasteiger partial charge in [-0.3, -0.25) is 4.79 Å². The largest absolute Gasteiger partial charge is 0.337 e. The number of rotatable bonds is 1. The summed E-state index contributed by atoms with van der Waals surface area (Å²) in [4.78, 5) is 13.9. The number of carbonyl (C=O) groups is 1. The lowest BCUT2D eigenvalue weighted by Gasteiger charge is -2.16. The fourth-order valence-corrected chi connectivity index (χ4v) is 2.30. The van der Waals surface area contributed by atoms with Crippen LogP contribution in [0.5, 0.6) is 0 Å². The van der Waals surface area contributed by atoms with E-state index >= 15 is 0 Å². The van der Waals surface area contributed by atoms with E-state index in [-0.39, 0.29) is 11.9 Å². The fraction of sp³-hybridized carbons (Fsp3) is 0.417. The first-order chi connectivity index (χ1) is 7.56. The molecule has 2 rings (SSSR count). The van der Waals surface area contributed by atoms with E-state index in [2.05, 4.69) is 0 Å². The maximum Gasteiger partial charge on any atom is 0.253 e. The number of amides is 1. The van der Waals surface area contributed by atoms with Crippen molar-refractivity contribution >= 4 is 17.5 Å². The van der Waals surface area contributed by atoms with Gasteiger partial charge >= 0.3 is 0 Å². The number of nitrogens with zero attached hydrogens (tertiary/aromatic N) is 1. The minimum absolute atomic E-state index is 0.0264. The first-order valence-corrected chi connectivity index (χ1v) is 5.76. The van der Waals surface area contributed by atoms with Crippen LogP contribution in [0.15, 0.2) is 18.2 Å². The molecule has 2 N–H and O–H groups in total. The Balaban J connectivity index is 2.20. The molecule has 1 atom stereocenters. The molecule has 0 radical (unpaired) electrons. The van der Waals surface area contributed by atoms with Crippen LogP contribution in [-0.4, -0.2) is 29.9 Å². The molecule has 1 unspecified atom stereocenters. The van der Waals surface area contributed by atoms with Crippen LogP contribution in [0.1, 0.15) is 22.3 Å². The first kappa shape index (κ1) is 11.4. The SMILES string of the molecule is Cc1cc(Cl)cc(C(=O)N2CCC(N)C2)c1. The molecule has 1 amide bonds.